The van der Waals surface area contributed by atoms with E-state index in [1.165, 1.54) is 0 Å². The molecular formula is C11H18N4O. The normalized spacial score (nSPS) is 17.2. The molecule has 88 valence electrons. The maximum atomic E-state index is 11.9. The molecule has 0 aromatic carbocycles. The SMILES string of the molecule is Cc1cc(C(=O)NCC2(CN)CC2)n(C)n1. The van der Waals surface area contributed by atoms with Gasteiger partial charge in [0.2, 0.25) is 0 Å². The molecule has 1 fully saturated rings. The minimum absolute atomic E-state index is 0.0668. The Bertz CT molecular complexity index is 406. The van der Waals surface area contributed by atoms with Crippen LogP contribution in [0.15, 0.2) is 6.07 Å². The van der Waals surface area contributed by atoms with Gasteiger partial charge < -0.3 is 11.1 Å². The number of hydrogen-bond donors (Lipinski definition) is 2. The molecule has 2 rings (SSSR count). The van der Waals surface area contributed by atoms with Crippen LogP contribution in [-0.2, 0) is 7.05 Å². The number of amides is 1. The highest BCUT2D eigenvalue weighted by molar-refractivity contribution is 5.92. The molecule has 1 amide bonds. The van der Waals surface area contributed by atoms with Crippen LogP contribution in [-0.4, -0.2) is 28.8 Å². The molecule has 1 aromatic rings. The molecule has 0 aliphatic heterocycles. The van der Waals surface area contributed by atoms with Crippen molar-refractivity contribution in [3.05, 3.63) is 17.5 Å². The Hall–Kier alpha value is -1.36. The Balaban J connectivity index is 1.96. The summed E-state index contributed by atoms with van der Waals surface area (Å²) in [6.45, 7) is 3.20. The number of aryl methyl sites for hydroxylation is 2. The van der Waals surface area contributed by atoms with Crippen LogP contribution in [0.1, 0.15) is 29.0 Å². The average Bonchev–Trinajstić information content (AvgIpc) is 2.96. The highest BCUT2D eigenvalue weighted by Crippen LogP contribution is 2.43. The molecule has 0 spiro atoms. The maximum absolute atomic E-state index is 11.9. The fourth-order valence-corrected chi connectivity index (χ4v) is 1.81. The van der Waals surface area contributed by atoms with Gasteiger partial charge in [-0.25, -0.2) is 0 Å². The minimum atomic E-state index is -0.0668. The standard InChI is InChI=1S/C11H18N4O/c1-8-5-9(15(2)14-8)10(16)13-7-11(6-12)3-4-11/h5H,3-4,6-7,12H2,1-2H3,(H,13,16). The zero-order chi connectivity index (χ0) is 11.8. The Morgan fingerprint density at radius 2 is 2.38 bits per heavy atom. The third-order valence-electron chi connectivity index (χ3n) is 3.25. The molecule has 0 saturated heterocycles. The first-order valence-electron chi connectivity index (χ1n) is 5.55. The van der Waals surface area contributed by atoms with E-state index in [4.69, 9.17) is 5.73 Å². The summed E-state index contributed by atoms with van der Waals surface area (Å²) in [5, 5.41) is 7.07. The highest BCUT2D eigenvalue weighted by Gasteiger charge is 2.41. The number of carbonyl (C=O) groups is 1. The smallest absolute Gasteiger partial charge is 0.269 e. The van der Waals surface area contributed by atoms with Crippen molar-refractivity contribution >= 4 is 5.91 Å². The van der Waals surface area contributed by atoms with Crippen molar-refractivity contribution in [3.63, 3.8) is 0 Å². The fourth-order valence-electron chi connectivity index (χ4n) is 1.81. The van der Waals surface area contributed by atoms with Gasteiger partial charge in [0.25, 0.3) is 5.91 Å². The Labute approximate surface area is 95.0 Å². The van der Waals surface area contributed by atoms with Gasteiger partial charge in [0, 0.05) is 19.0 Å². The average molecular weight is 222 g/mol. The van der Waals surface area contributed by atoms with Gasteiger partial charge in [-0.2, -0.15) is 5.10 Å². The zero-order valence-electron chi connectivity index (χ0n) is 9.79. The molecular weight excluding hydrogens is 204 g/mol. The first-order chi connectivity index (χ1) is 7.56. The fraction of sp³-hybridized carbons (Fsp3) is 0.636. The molecule has 0 atom stereocenters. The Morgan fingerprint density at radius 3 is 2.81 bits per heavy atom. The van der Waals surface area contributed by atoms with Crippen molar-refractivity contribution in [2.45, 2.75) is 19.8 Å². The summed E-state index contributed by atoms with van der Waals surface area (Å²) in [5.74, 6) is -0.0668. The van der Waals surface area contributed by atoms with Crippen LogP contribution in [0.5, 0.6) is 0 Å². The van der Waals surface area contributed by atoms with E-state index in [-0.39, 0.29) is 11.3 Å². The molecule has 1 saturated carbocycles. The lowest BCUT2D eigenvalue weighted by atomic mass is 10.1. The number of rotatable bonds is 4. The van der Waals surface area contributed by atoms with E-state index in [0.29, 0.717) is 18.8 Å². The van der Waals surface area contributed by atoms with Crippen molar-refractivity contribution in [3.8, 4) is 0 Å². The second-order valence-corrected chi connectivity index (χ2v) is 4.68. The largest absolute Gasteiger partial charge is 0.350 e. The number of nitrogens with zero attached hydrogens (tertiary/aromatic N) is 2. The van der Waals surface area contributed by atoms with Gasteiger partial charge in [0.1, 0.15) is 5.69 Å². The monoisotopic (exact) mass is 222 g/mol. The predicted octanol–water partition coefficient (Wildman–Crippen LogP) is 0.197. The molecule has 1 aliphatic rings. The van der Waals surface area contributed by atoms with E-state index in [2.05, 4.69) is 10.4 Å². The molecule has 5 heteroatoms. The number of carbonyl (C=O) groups excluding carboxylic acids is 1. The van der Waals surface area contributed by atoms with Gasteiger partial charge in [-0.05, 0) is 32.4 Å². The van der Waals surface area contributed by atoms with E-state index in [1.807, 2.05) is 6.92 Å². The first-order valence-corrected chi connectivity index (χ1v) is 5.55. The summed E-state index contributed by atoms with van der Waals surface area (Å²) in [6, 6.07) is 1.79. The van der Waals surface area contributed by atoms with Gasteiger partial charge in [0.05, 0.1) is 5.69 Å². The van der Waals surface area contributed by atoms with Gasteiger partial charge in [-0.15, -0.1) is 0 Å². The lowest BCUT2D eigenvalue weighted by molar-refractivity contribution is 0.0936. The molecule has 0 radical (unpaired) electrons. The first kappa shape index (κ1) is 11.1. The van der Waals surface area contributed by atoms with Crippen LogP contribution in [0.4, 0.5) is 0 Å². The Kier molecular flexibility index (Phi) is 2.71. The van der Waals surface area contributed by atoms with Crippen molar-refractivity contribution < 1.29 is 4.79 Å². The van der Waals surface area contributed by atoms with E-state index >= 15 is 0 Å². The number of nitrogens with two attached hydrogens (primary N) is 1. The molecule has 1 aromatic heterocycles. The summed E-state index contributed by atoms with van der Waals surface area (Å²) in [7, 11) is 1.78. The number of aromatic nitrogens is 2. The number of nitrogens with one attached hydrogen (secondary N) is 1. The van der Waals surface area contributed by atoms with E-state index in [0.717, 1.165) is 18.5 Å². The van der Waals surface area contributed by atoms with Crippen molar-refractivity contribution in [2.24, 2.45) is 18.2 Å². The van der Waals surface area contributed by atoms with E-state index in [1.54, 1.807) is 17.8 Å². The molecule has 1 aliphatic carbocycles. The zero-order valence-corrected chi connectivity index (χ0v) is 9.79. The van der Waals surface area contributed by atoms with Crippen LogP contribution in [0.2, 0.25) is 0 Å². The van der Waals surface area contributed by atoms with Crippen LogP contribution in [0, 0.1) is 12.3 Å². The molecule has 0 bridgehead atoms. The second-order valence-electron chi connectivity index (χ2n) is 4.68. The van der Waals surface area contributed by atoms with Crippen molar-refractivity contribution in [2.75, 3.05) is 13.1 Å². The van der Waals surface area contributed by atoms with Crippen molar-refractivity contribution in [1.29, 1.82) is 0 Å². The summed E-state index contributed by atoms with van der Waals surface area (Å²) in [4.78, 5) is 11.9. The summed E-state index contributed by atoms with van der Waals surface area (Å²) in [6.07, 6.45) is 2.24. The van der Waals surface area contributed by atoms with E-state index < -0.39 is 0 Å². The van der Waals surface area contributed by atoms with Crippen LogP contribution >= 0.6 is 0 Å². The van der Waals surface area contributed by atoms with Crippen molar-refractivity contribution in [1.82, 2.24) is 15.1 Å². The third-order valence-corrected chi connectivity index (χ3v) is 3.25. The molecule has 5 nitrogen and oxygen atoms in total. The molecule has 1 heterocycles. The van der Waals surface area contributed by atoms with Gasteiger partial charge in [-0.3, -0.25) is 9.48 Å². The topological polar surface area (TPSA) is 72.9 Å². The summed E-state index contributed by atoms with van der Waals surface area (Å²) >= 11 is 0. The lowest BCUT2D eigenvalue weighted by Gasteiger charge is -2.13. The quantitative estimate of drug-likeness (QED) is 0.764. The lowest BCUT2D eigenvalue weighted by Crippen LogP contribution is -2.34. The summed E-state index contributed by atoms with van der Waals surface area (Å²) < 4.78 is 1.60. The van der Waals surface area contributed by atoms with Gasteiger partial charge in [-0.1, -0.05) is 0 Å². The van der Waals surface area contributed by atoms with Gasteiger partial charge >= 0.3 is 0 Å². The van der Waals surface area contributed by atoms with Gasteiger partial charge in [0.15, 0.2) is 0 Å². The highest BCUT2D eigenvalue weighted by atomic mass is 16.2. The summed E-state index contributed by atoms with van der Waals surface area (Å²) in [5.41, 5.74) is 7.29. The minimum Gasteiger partial charge on any atom is -0.350 e. The predicted molar refractivity (Wildman–Crippen MR) is 61.0 cm³/mol. The Morgan fingerprint density at radius 1 is 1.69 bits per heavy atom. The molecule has 0 unspecified atom stereocenters. The molecule has 3 N–H and O–H groups in total. The molecule has 16 heavy (non-hydrogen) atoms. The maximum Gasteiger partial charge on any atom is 0.269 e. The number of hydrogen-bond acceptors (Lipinski definition) is 3. The second kappa shape index (κ2) is 3.90. The van der Waals surface area contributed by atoms with Crippen LogP contribution in [0.25, 0.3) is 0 Å². The third kappa shape index (κ3) is 2.09. The van der Waals surface area contributed by atoms with Crippen LogP contribution in [0.3, 0.4) is 0 Å². The van der Waals surface area contributed by atoms with E-state index in [9.17, 15) is 4.79 Å². The van der Waals surface area contributed by atoms with Crippen LogP contribution < -0.4 is 11.1 Å².